The van der Waals surface area contributed by atoms with Gasteiger partial charge in [0, 0.05) is 51.7 Å². The molecule has 0 aliphatic carbocycles. The lowest BCUT2D eigenvalue weighted by atomic mass is 9.93. The fourth-order valence-electron chi connectivity index (χ4n) is 8.07. The van der Waals surface area contributed by atoms with E-state index in [1.807, 2.05) is 0 Å². The highest BCUT2D eigenvalue weighted by atomic mass is 16.3. The molecule has 406 valence electrons. The molecule has 7 amide bonds. The van der Waals surface area contributed by atoms with E-state index in [0.29, 0.717) is 12.0 Å². The molecular formula is C54H83N7O12. The number of hydrogen-bond acceptors (Lipinski definition) is 12. The zero-order chi connectivity index (χ0) is 54.9. The van der Waals surface area contributed by atoms with Gasteiger partial charge in [-0.05, 0) is 75.9 Å². The molecule has 0 spiro atoms. The first-order chi connectivity index (χ1) is 34.5. The van der Waals surface area contributed by atoms with Gasteiger partial charge in [0.1, 0.15) is 29.6 Å². The highest BCUT2D eigenvalue weighted by Gasteiger charge is 2.33. The van der Waals surface area contributed by atoms with Gasteiger partial charge < -0.3 is 51.3 Å². The van der Waals surface area contributed by atoms with Gasteiger partial charge in [-0.1, -0.05) is 103 Å². The molecular weight excluding hydrogens is 939 g/mol. The maximum atomic E-state index is 13.9. The Balaban J connectivity index is 2.14. The number of Topliss-reactive ketones (excluding diaryl/α,β-unsaturated/α-hetero) is 2. The number of hydrogen-bond donors (Lipinski definition) is 7. The van der Waals surface area contributed by atoms with Gasteiger partial charge in [0.05, 0.1) is 25.2 Å². The van der Waals surface area contributed by atoms with Gasteiger partial charge in [-0.2, -0.15) is 0 Å². The lowest BCUT2D eigenvalue weighted by Crippen LogP contribution is -2.55. The van der Waals surface area contributed by atoms with Crippen LogP contribution >= 0.6 is 0 Å². The van der Waals surface area contributed by atoms with Crippen LogP contribution in [-0.2, 0) is 49.6 Å². The number of nitrogens with one attached hydrogen (secondary N) is 4. The van der Waals surface area contributed by atoms with Crippen molar-refractivity contribution in [2.45, 2.75) is 168 Å². The number of unbranched alkanes of at least 4 members (excludes halogenated alkanes) is 12. The molecule has 2 rings (SSSR count). The van der Waals surface area contributed by atoms with Crippen molar-refractivity contribution < 1.29 is 58.5 Å². The number of rotatable bonds is 33. The van der Waals surface area contributed by atoms with Gasteiger partial charge in [0.2, 0.25) is 41.2 Å². The summed E-state index contributed by atoms with van der Waals surface area (Å²) >= 11 is 0. The molecule has 0 aliphatic rings. The van der Waals surface area contributed by atoms with Crippen molar-refractivity contribution in [1.82, 2.24) is 36.0 Å². The van der Waals surface area contributed by atoms with Crippen LogP contribution in [0.2, 0.25) is 0 Å². The maximum Gasteiger partial charge on any atom is 0.291 e. The number of carbonyl (C=O) groups excluding carboxylic acids is 9. The number of aromatic hydroxyl groups is 2. The van der Waals surface area contributed by atoms with Crippen LogP contribution in [0.1, 0.15) is 149 Å². The van der Waals surface area contributed by atoms with Crippen molar-refractivity contribution in [2.24, 2.45) is 5.92 Å². The molecule has 2 aromatic carbocycles. The van der Waals surface area contributed by atoms with E-state index in [1.165, 1.54) is 144 Å². The first-order valence-corrected chi connectivity index (χ1v) is 25.7. The molecule has 0 saturated carbocycles. The molecule has 0 saturated heterocycles. The van der Waals surface area contributed by atoms with E-state index in [2.05, 4.69) is 28.2 Å². The number of likely N-dealkylation sites (N-methyl/N-ethyl adjacent to an activating group) is 3. The van der Waals surface area contributed by atoms with Gasteiger partial charge >= 0.3 is 0 Å². The number of phenolic OH excluding ortho intramolecular Hbond substituents is 2. The van der Waals surface area contributed by atoms with Crippen LogP contribution in [0.5, 0.6) is 11.5 Å². The SMILES string of the molecule is CCCCCCCCCCCCCCCC(=O)N(C)[C@H](CO)C(=O)N[C@H](C)C(=O)NCC(=O)N(C)[C@H](C(=O)N[C@@H](C)C(C)=O)c1ccc(O)c(-c2cc(C[C@H](C)C(=O)N[C@H](C)C(=O)C(=O)N(C)C)ccc2O)c1. The van der Waals surface area contributed by atoms with E-state index in [4.69, 9.17) is 0 Å². The fraction of sp³-hybridized carbons (Fsp3) is 0.611. The minimum Gasteiger partial charge on any atom is -0.507 e. The van der Waals surface area contributed by atoms with Crippen molar-refractivity contribution in [1.29, 1.82) is 0 Å². The molecule has 19 nitrogen and oxygen atoms in total. The summed E-state index contributed by atoms with van der Waals surface area (Å²) in [5.41, 5.74) is 0.816. The molecule has 7 N–H and O–H groups in total. The smallest absolute Gasteiger partial charge is 0.291 e. The number of nitrogens with zero attached hydrogens (tertiary/aromatic N) is 3. The van der Waals surface area contributed by atoms with Gasteiger partial charge in [0.15, 0.2) is 5.78 Å². The normalized spacial score (nSPS) is 13.5. The van der Waals surface area contributed by atoms with Crippen molar-refractivity contribution in [3.63, 3.8) is 0 Å². The van der Waals surface area contributed by atoms with Gasteiger partial charge in [-0.3, -0.25) is 43.2 Å². The Kier molecular flexibility index (Phi) is 27.5. The minimum atomic E-state index is -1.46. The third-order valence-corrected chi connectivity index (χ3v) is 13.0. The Morgan fingerprint density at radius 1 is 0.575 bits per heavy atom. The van der Waals surface area contributed by atoms with Crippen LogP contribution < -0.4 is 21.3 Å². The van der Waals surface area contributed by atoms with Crippen LogP contribution in [0.4, 0.5) is 0 Å². The van der Waals surface area contributed by atoms with Crippen molar-refractivity contribution in [3.8, 4) is 22.6 Å². The van der Waals surface area contributed by atoms with Crippen molar-refractivity contribution >= 4 is 52.9 Å². The number of aliphatic hydroxyl groups excluding tert-OH is 1. The zero-order valence-electron chi connectivity index (χ0n) is 44.8. The average molecular weight is 1020 g/mol. The van der Waals surface area contributed by atoms with Crippen LogP contribution in [0, 0.1) is 5.92 Å². The molecule has 0 unspecified atom stereocenters. The molecule has 2 aromatic rings. The third kappa shape index (κ3) is 20.6. The topological polar surface area (TPSA) is 272 Å². The van der Waals surface area contributed by atoms with Crippen LogP contribution in [-0.4, -0.2) is 148 Å². The Bertz CT molecular complexity index is 2200. The molecule has 19 heteroatoms. The van der Waals surface area contributed by atoms with E-state index < -0.39 is 90.5 Å². The second-order valence-electron chi connectivity index (χ2n) is 19.4. The fourth-order valence-corrected chi connectivity index (χ4v) is 8.07. The molecule has 0 bridgehead atoms. The third-order valence-electron chi connectivity index (χ3n) is 13.0. The summed E-state index contributed by atoms with van der Waals surface area (Å²) in [5, 5.41) is 42.3. The van der Waals surface area contributed by atoms with E-state index >= 15 is 0 Å². The first-order valence-electron chi connectivity index (χ1n) is 25.7. The second-order valence-corrected chi connectivity index (χ2v) is 19.4. The maximum absolute atomic E-state index is 13.9. The average Bonchev–Trinajstić information content (AvgIpc) is 3.34. The Morgan fingerprint density at radius 2 is 1.08 bits per heavy atom. The summed E-state index contributed by atoms with van der Waals surface area (Å²) < 4.78 is 0. The Labute approximate surface area is 431 Å². The predicted octanol–water partition coefficient (Wildman–Crippen LogP) is 4.62. The highest BCUT2D eigenvalue weighted by molar-refractivity contribution is 6.38. The number of ketones is 2. The Morgan fingerprint density at radius 3 is 1.62 bits per heavy atom. The Hall–Kier alpha value is -6.37. The lowest BCUT2D eigenvalue weighted by molar-refractivity contribution is -0.144. The number of carbonyl (C=O) groups is 9. The van der Waals surface area contributed by atoms with Crippen molar-refractivity contribution in [2.75, 3.05) is 41.3 Å². The van der Waals surface area contributed by atoms with E-state index in [9.17, 15) is 58.5 Å². The van der Waals surface area contributed by atoms with Gasteiger partial charge in [-0.15, -0.1) is 0 Å². The molecule has 0 aromatic heterocycles. The number of aliphatic hydroxyl groups is 1. The number of phenols is 2. The molecule has 0 aliphatic heterocycles. The monoisotopic (exact) mass is 1020 g/mol. The predicted molar refractivity (Wildman–Crippen MR) is 278 cm³/mol. The molecule has 73 heavy (non-hydrogen) atoms. The van der Waals surface area contributed by atoms with Crippen LogP contribution in [0.3, 0.4) is 0 Å². The zero-order valence-corrected chi connectivity index (χ0v) is 44.8. The van der Waals surface area contributed by atoms with Crippen LogP contribution in [0.15, 0.2) is 36.4 Å². The second kappa shape index (κ2) is 31.9. The minimum absolute atomic E-state index is 0.0413. The van der Waals surface area contributed by atoms with Crippen molar-refractivity contribution in [3.05, 3.63) is 47.5 Å². The summed E-state index contributed by atoms with van der Waals surface area (Å²) in [6.45, 7) is 7.99. The standard InChI is InChI=1S/C54H83N7O12/c1-11-12-13-14-15-16-17-18-19-20-21-22-23-24-46(66)60(9)43(33-62)52(71)58-37(5)51(70)55-32-47(67)61(10)48(53(72)56-35(3)38(6)63)40-26-28-45(65)42(31-40)41-30-39(25-27-44(41)64)29-34(2)50(69)57-36(4)49(68)54(73)59(7)8/h25-28,30-31,34-37,43,48,62,64-65H,11-24,29,32-33H2,1-10H3,(H,55,70)(H,56,72)(H,57,69)(H,58,71)/t34-,35-,36+,37+,43+,48-/m0/s1. The number of amides is 7. The largest absolute Gasteiger partial charge is 0.507 e. The summed E-state index contributed by atoms with van der Waals surface area (Å²) in [6.07, 6.45) is 15.3. The van der Waals surface area contributed by atoms with E-state index in [0.717, 1.165) is 34.0 Å². The summed E-state index contributed by atoms with van der Waals surface area (Å²) in [4.78, 5) is 120. The molecule has 0 fully saturated rings. The van der Waals surface area contributed by atoms with Crippen LogP contribution in [0.25, 0.3) is 11.1 Å². The first kappa shape index (κ1) is 62.7. The summed E-state index contributed by atoms with van der Waals surface area (Å²) in [7, 11) is 5.56. The molecule has 0 heterocycles. The summed E-state index contributed by atoms with van der Waals surface area (Å²) in [6, 6.07) is 2.45. The highest BCUT2D eigenvalue weighted by Crippen LogP contribution is 2.39. The van der Waals surface area contributed by atoms with Gasteiger partial charge in [0.25, 0.3) is 5.91 Å². The molecule has 6 atom stereocenters. The lowest BCUT2D eigenvalue weighted by Gasteiger charge is -2.29. The summed E-state index contributed by atoms with van der Waals surface area (Å²) in [5.74, 6) is -7.19. The van der Waals surface area contributed by atoms with E-state index in [-0.39, 0.29) is 52.7 Å². The van der Waals surface area contributed by atoms with E-state index in [1.54, 1.807) is 13.0 Å². The number of benzene rings is 2. The van der Waals surface area contributed by atoms with Gasteiger partial charge in [-0.25, -0.2) is 0 Å². The molecule has 0 radical (unpaired) electrons. The quantitative estimate of drug-likeness (QED) is 0.0381.